The summed E-state index contributed by atoms with van der Waals surface area (Å²) in [4.78, 5) is 38.0. The molecule has 1 amide bonds. The van der Waals surface area contributed by atoms with Gasteiger partial charge in [0.25, 0.3) is 11.7 Å². The molecule has 0 bridgehead atoms. The predicted molar refractivity (Wildman–Crippen MR) is 75.7 cm³/mol. The summed E-state index contributed by atoms with van der Waals surface area (Å²) in [6.07, 6.45) is 3.30. The van der Waals surface area contributed by atoms with Crippen molar-refractivity contribution in [3.63, 3.8) is 0 Å². The maximum absolute atomic E-state index is 12.5. The van der Waals surface area contributed by atoms with E-state index >= 15 is 0 Å². The Labute approximate surface area is 129 Å². The summed E-state index contributed by atoms with van der Waals surface area (Å²) in [5.41, 5.74) is 0. The SMILES string of the molecule is COC(=O)C1CCCCN1C(=O)C(=O)[C@]1(O)OCCCC1C. The number of esters is 1. The molecule has 2 rings (SSSR count). The van der Waals surface area contributed by atoms with Crippen LogP contribution in [0.5, 0.6) is 0 Å². The number of carbonyl (C=O) groups excluding carboxylic acids is 3. The Morgan fingerprint density at radius 1 is 1.23 bits per heavy atom. The van der Waals surface area contributed by atoms with Crippen LogP contribution in [-0.4, -0.2) is 59.8 Å². The van der Waals surface area contributed by atoms with Crippen LogP contribution >= 0.6 is 0 Å². The molecule has 7 heteroatoms. The Kier molecular flexibility index (Phi) is 5.18. The van der Waals surface area contributed by atoms with Gasteiger partial charge in [-0.15, -0.1) is 0 Å². The number of hydrogen-bond donors (Lipinski definition) is 1. The number of aliphatic hydroxyl groups is 1. The largest absolute Gasteiger partial charge is 0.467 e. The third-order valence-electron chi connectivity index (χ3n) is 4.53. The highest BCUT2D eigenvalue weighted by Crippen LogP contribution is 2.31. The highest BCUT2D eigenvalue weighted by molar-refractivity contribution is 6.39. The third kappa shape index (κ3) is 3.01. The number of ether oxygens (including phenoxy) is 2. The second-order valence-electron chi connectivity index (χ2n) is 5.95. The number of carbonyl (C=O) groups is 3. The topological polar surface area (TPSA) is 93.1 Å². The maximum Gasteiger partial charge on any atom is 0.328 e. The molecule has 2 aliphatic heterocycles. The molecule has 0 saturated carbocycles. The van der Waals surface area contributed by atoms with Crippen LogP contribution in [0.1, 0.15) is 39.0 Å². The summed E-state index contributed by atoms with van der Waals surface area (Å²) in [5, 5.41) is 10.5. The fourth-order valence-corrected chi connectivity index (χ4v) is 3.08. The summed E-state index contributed by atoms with van der Waals surface area (Å²) in [6, 6.07) is -0.766. The lowest BCUT2D eigenvalue weighted by molar-refractivity contribution is -0.240. The van der Waals surface area contributed by atoms with E-state index in [-0.39, 0.29) is 6.61 Å². The zero-order valence-corrected chi connectivity index (χ0v) is 13.0. The average Bonchev–Trinajstić information content (AvgIpc) is 2.55. The molecule has 0 radical (unpaired) electrons. The van der Waals surface area contributed by atoms with Gasteiger partial charge in [0, 0.05) is 12.5 Å². The molecule has 0 spiro atoms. The summed E-state index contributed by atoms with van der Waals surface area (Å²) >= 11 is 0. The summed E-state index contributed by atoms with van der Waals surface area (Å²) < 4.78 is 9.92. The molecule has 124 valence electrons. The van der Waals surface area contributed by atoms with Gasteiger partial charge in [0.05, 0.1) is 13.7 Å². The van der Waals surface area contributed by atoms with Gasteiger partial charge >= 0.3 is 5.97 Å². The molecule has 7 nitrogen and oxygen atoms in total. The van der Waals surface area contributed by atoms with Crippen LogP contribution in [0, 0.1) is 5.92 Å². The molecule has 2 saturated heterocycles. The number of hydrogen-bond acceptors (Lipinski definition) is 6. The molecular weight excluding hydrogens is 290 g/mol. The van der Waals surface area contributed by atoms with E-state index in [0.717, 1.165) is 12.8 Å². The van der Waals surface area contributed by atoms with Crippen LogP contribution in [0.15, 0.2) is 0 Å². The van der Waals surface area contributed by atoms with Crippen molar-refractivity contribution in [2.75, 3.05) is 20.3 Å². The monoisotopic (exact) mass is 313 g/mol. The Hall–Kier alpha value is -1.47. The number of likely N-dealkylation sites (tertiary alicyclic amines) is 1. The number of rotatable bonds is 3. The molecule has 2 heterocycles. The first kappa shape index (κ1) is 16.9. The minimum Gasteiger partial charge on any atom is -0.467 e. The van der Waals surface area contributed by atoms with E-state index in [0.29, 0.717) is 25.8 Å². The molecule has 0 aromatic heterocycles. The van der Waals surface area contributed by atoms with Gasteiger partial charge in [0.15, 0.2) is 0 Å². The molecule has 0 aromatic carbocycles. The second kappa shape index (κ2) is 6.75. The fraction of sp³-hybridized carbons (Fsp3) is 0.800. The molecule has 0 aliphatic carbocycles. The van der Waals surface area contributed by atoms with Crippen LogP contribution in [0.25, 0.3) is 0 Å². The van der Waals surface area contributed by atoms with Crippen LogP contribution < -0.4 is 0 Å². The van der Waals surface area contributed by atoms with Crippen LogP contribution in [0.4, 0.5) is 0 Å². The lowest BCUT2D eigenvalue weighted by atomic mass is 9.88. The standard InChI is InChI=1S/C15H23NO6/c1-10-6-5-9-22-15(10,20)12(17)13(18)16-8-4-3-7-11(16)14(19)21-2/h10-11,20H,3-9H2,1-2H3/t10?,11?,15-/m1/s1. The van der Waals surface area contributed by atoms with Gasteiger partial charge in [0.2, 0.25) is 5.79 Å². The summed E-state index contributed by atoms with van der Waals surface area (Å²) in [5.74, 6) is -4.95. The van der Waals surface area contributed by atoms with Crippen molar-refractivity contribution in [2.24, 2.45) is 5.92 Å². The van der Waals surface area contributed by atoms with Gasteiger partial charge in [-0.25, -0.2) is 4.79 Å². The Morgan fingerprint density at radius 3 is 2.59 bits per heavy atom. The average molecular weight is 313 g/mol. The quantitative estimate of drug-likeness (QED) is 0.593. The molecule has 22 heavy (non-hydrogen) atoms. The van der Waals surface area contributed by atoms with E-state index in [2.05, 4.69) is 0 Å². The number of nitrogens with zero attached hydrogens (tertiary/aromatic N) is 1. The molecule has 0 aromatic rings. The first-order valence-electron chi connectivity index (χ1n) is 7.71. The summed E-state index contributed by atoms with van der Waals surface area (Å²) in [6.45, 7) is 2.22. The van der Waals surface area contributed by atoms with E-state index in [1.165, 1.54) is 12.0 Å². The lowest BCUT2D eigenvalue weighted by Gasteiger charge is -2.39. The molecule has 3 atom stereocenters. The van der Waals surface area contributed by atoms with Gasteiger partial charge in [-0.05, 0) is 32.1 Å². The number of piperidine rings is 1. The number of methoxy groups -OCH3 is 1. The van der Waals surface area contributed by atoms with Crippen LogP contribution in [-0.2, 0) is 23.9 Å². The number of ketones is 1. The van der Waals surface area contributed by atoms with Crippen LogP contribution in [0.3, 0.4) is 0 Å². The first-order valence-corrected chi connectivity index (χ1v) is 7.71. The minimum absolute atomic E-state index is 0.236. The Bertz CT molecular complexity index is 465. The first-order chi connectivity index (χ1) is 10.4. The van der Waals surface area contributed by atoms with Crippen molar-refractivity contribution >= 4 is 17.7 Å². The van der Waals surface area contributed by atoms with E-state index < -0.39 is 35.4 Å². The Balaban J connectivity index is 2.17. The zero-order chi connectivity index (χ0) is 16.3. The third-order valence-corrected chi connectivity index (χ3v) is 4.53. The van der Waals surface area contributed by atoms with Crippen molar-refractivity contribution in [2.45, 2.75) is 50.9 Å². The molecule has 2 unspecified atom stereocenters. The van der Waals surface area contributed by atoms with E-state index in [9.17, 15) is 19.5 Å². The second-order valence-corrected chi connectivity index (χ2v) is 5.95. The smallest absolute Gasteiger partial charge is 0.328 e. The van der Waals surface area contributed by atoms with E-state index in [1.54, 1.807) is 6.92 Å². The van der Waals surface area contributed by atoms with Gasteiger partial charge in [0.1, 0.15) is 6.04 Å². The van der Waals surface area contributed by atoms with Crippen molar-refractivity contribution < 1.29 is 29.0 Å². The number of Topliss-reactive ketones (excluding diaryl/α,β-unsaturated/α-hetero) is 1. The van der Waals surface area contributed by atoms with Gasteiger partial charge in [-0.2, -0.15) is 0 Å². The molecule has 1 N–H and O–H groups in total. The van der Waals surface area contributed by atoms with Gasteiger partial charge in [-0.1, -0.05) is 6.92 Å². The van der Waals surface area contributed by atoms with Crippen molar-refractivity contribution in [3.05, 3.63) is 0 Å². The highest BCUT2D eigenvalue weighted by atomic mass is 16.6. The number of amides is 1. The van der Waals surface area contributed by atoms with Crippen molar-refractivity contribution in [1.82, 2.24) is 4.90 Å². The normalized spacial score (nSPS) is 32.4. The molecular formula is C15H23NO6. The fourth-order valence-electron chi connectivity index (χ4n) is 3.08. The molecule has 2 fully saturated rings. The summed E-state index contributed by atoms with van der Waals surface area (Å²) in [7, 11) is 1.25. The lowest BCUT2D eigenvalue weighted by Crippen LogP contribution is -2.59. The maximum atomic E-state index is 12.5. The van der Waals surface area contributed by atoms with Gasteiger partial charge in [-0.3, -0.25) is 9.59 Å². The highest BCUT2D eigenvalue weighted by Gasteiger charge is 2.50. The van der Waals surface area contributed by atoms with E-state index in [4.69, 9.17) is 9.47 Å². The van der Waals surface area contributed by atoms with Gasteiger partial charge < -0.3 is 19.5 Å². The van der Waals surface area contributed by atoms with Crippen molar-refractivity contribution in [1.29, 1.82) is 0 Å². The Morgan fingerprint density at radius 2 is 1.95 bits per heavy atom. The van der Waals surface area contributed by atoms with Crippen LogP contribution in [0.2, 0.25) is 0 Å². The minimum atomic E-state index is -2.09. The predicted octanol–water partition coefficient (Wildman–Crippen LogP) is 0.245. The zero-order valence-electron chi connectivity index (χ0n) is 13.0. The van der Waals surface area contributed by atoms with E-state index in [1.807, 2.05) is 0 Å². The molecule has 2 aliphatic rings. The van der Waals surface area contributed by atoms with Crippen molar-refractivity contribution in [3.8, 4) is 0 Å².